The zero-order valence-electron chi connectivity index (χ0n) is 20.1. The molecule has 1 aliphatic rings. The number of halogens is 1. The molecule has 3 aromatic rings. The topological polar surface area (TPSA) is 81.2 Å². The smallest absolute Gasteiger partial charge is 0.243 e. The maximum atomic E-state index is 13.7. The van der Waals surface area contributed by atoms with Gasteiger partial charge in [-0.1, -0.05) is 6.07 Å². The second-order valence-corrected chi connectivity index (χ2v) is 10.9. The van der Waals surface area contributed by atoms with Crippen LogP contribution in [0.15, 0.2) is 40.6 Å². The summed E-state index contributed by atoms with van der Waals surface area (Å²) in [5.74, 6) is 1.15. The van der Waals surface area contributed by atoms with Crippen LogP contribution in [-0.4, -0.2) is 65.2 Å². The van der Waals surface area contributed by atoms with Crippen molar-refractivity contribution in [3.05, 3.63) is 58.3 Å². The molecule has 4 rings (SSSR count). The van der Waals surface area contributed by atoms with E-state index in [1.54, 1.807) is 28.3 Å². The number of methoxy groups -OCH3 is 3. The van der Waals surface area contributed by atoms with Gasteiger partial charge in [-0.3, -0.25) is 0 Å². The number of benzene rings is 2. The number of sulfonamides is 1. The van der Waals surface area contributed by atoms with Crippen molar-refractivity contribution in [2.45, 2.75) is 18.2 Å². The zero-order chi connectivity index (χ0) is 25.2. The normalized spacial score (nSPS) is 14.7. The molecule has 0 atom stereocenters. The van der Waals surface area contributed by atoms with Crippen LogP contribution in [-0.2, 0) is 16.4 Å². The molecule has 1 saturated heterocycles. The number of nitrogens with zero attached hydrogens (tertiary/aromatic N) is 3. The lowest BCUT2D eigenvalue weighted by molar-refractivity contribution is 0.324. The van der Waals surface area contributed by atoms with Crippen molar-refractivity contribution in [3.63, 3.8) is 0 Å². The van der Waals surface area contributed by atoms with Gasteiger partial charge < -0.3 is 19.1 Å². The van der Waals surface area contributed by atoms with E-state index < -0.39 is 15.8 Å². The lowest BCUT2D eigenvalue weighted by atomic mass is 10.1. The molecule has 2 aromatic carbocycles. The van der Waals surface area contributed by atoms with E-state index in [1.807, 2.05) is 17.5 Å². The molecule has 1 aliphatic heterocycles. The minimum atomic E-state index is -3.76. The number of thiazole rings is 1. The van der Waals surface area contributed by atoms with E-state index in [4.69, 9.17) is 19.2 Å². The van der Waals surface area contributed by atoms with E-state index >= 15 is 0 Å². The van der Waals surface area contributed by atoms with Crippen molar-refractivity contribution in [1.82, 2.24) is 9.29 Å². The lowest BCUT2D eigenvalue weighted by Crippen LogP contribution is -2.48. The van der Waals surface area contributed by atoms with E-state index in [-0.39, 0.29) is 4.90 Å². The third-order valence-corrected chi connectivity index (χ3v) is 8.92. The summed E-state index contributed by atoms with van der Waals surface area (Å²) in [5, 5.41) is 2.84. The first-order chi connectivity index (χ1) is 16.8. The van der Waals surface area contributed by atoms with Crippen LogP contribution in [0.3, 0.4) is 0 Å². The lowest BCUT2D eigenvalue weighted by Gasteiger charge is -2.34. The van der Waals surface area contributed by atoms with Gasteiger partial charge in [0, 0.05) is 38.0 Å². The van der Waals surface area contributed by atoms with Gasteiger partial charge in [-0.05, 0) is 42.3 Å². The van der Waals surface area contributed by atoms with E-state index in [9.17, 15) is 12.8 Å². The van der Waals surface area contributed by atoms with Crippen LogP contribution < -0.4 is 19.1 Å². The standard InChI is InChI=1S/C24H28FN3O5S2/c1-16-5-6-18(25)14-22(16)35(29,30)28-9-7-27(8-10-28)24-26-19(15-34-24)11-17-12-20(31-2)23(33-4)21(13-17)32-3/h5-6,12-15H,7-11H2,1-4H3. The highest BCUT2D eigenvalue weighted by atomic mass is 32.2. The molecular formula is C24H28FN3O5S2. The number of ether oxygens (including phenoxy) is 3. The molecule has 35 heavy (non-hydrogen) atoms. The predicted octanol–water partition coefficient (Wildman–Crippen LogP) is 3.72. The Morgan fingerprint density at radius 2 is 1.66 bits per heavy atom. The molecule has 1 aromatic heterocycles. The summed E-state index contributed by atoms with van der Waals surface area (Å²) in [6.07, 6.45) is 0.584. The molecule has 0 radical (unpaired) electrons. The van der Waals surface area contributed by atoms with E-state index in [0.717, 1.165) is 22.5 Å². The van der Waals surface area contributed by atoms with Crippen molar-refractivity contribution in [2.24, 2.45) is 0 Å². The summed E-state index contributed by atoms with van der Waals surface area (Å²) in [6.45, 7) is 3.29. The second-order valence-electron chi connectivity index (χ2n) is 8.13. The van der Waals surface area contributed by atoms with Gasteiger partial charge in [0.2, 0.25) is 15.8 Å². The van der Waals surface area contributed by atoms with E-state index in [0.29, 0.717) is 55.4 Å². The van der Waals surface area contributed by atoms with Crippen LogP contribution in [0.1, 0.15) is 16.8 Å². The van der Waals surface area contributed by atoms with Gasteiger partial charge in [0.25, 0.3) is 0 Å². The Bertz CT molecular complexity index is 1280. The molecule has 1 fully saturated rings. The number of aromatic nitrogens is 1. The van der Waals surface area contributed by atoms with Crippen molar-refractivity contribution in [2.75, 3.05) is 52.4 Å². The highest BCUT2D eigenvalue weighted by Gasteiger charge is 2.30. The molecule has 0 saturated carbocycles. The zero-order valence-corrected chi connectivity index (χ0v) is 21.7. The first kappa shape index (κ1) is 25.2. The van der Waals surface area contributed by atoms with Crippen LogP contribution in [0.4, 0.5) is 9.52 Å². The number of anilines is 1. The van der Waals surface area contributed by atoms with Gasteiger partial charge in [-0.25, -0.2) is 17.8 Å². The van der Waals surface area contributed by atoms with Crippen LogP contribution in [0, 0.1) is 12.7 Å². The monoisotopic (exact) mass is 521 g/mol. The van der Waals surface area contributed by atoms with Gasteiger partial charge in [-0.15, -0.1) is 11.3 Å². The molecule has 0 N–H and O–H groups in total. The highest BCUT2D eigenvalue weighted by Crippen LogP contribution is 2.39. The largest absolute Gasteiger partial charge is 0.493 e. The van der Waals surface area contributed by atoms with Gasteiger partial charge >= 0.3 is 0 Å². The molecule has 8 nitrogen and oxygen atoms in total. The van der Waals surface area contributed by atoms with Crippen LogP contribution >= 0.6 is 11.3 Å². The van der Waals surface area contributed by atoms with Crippen LogP contribution in [0.25, 0.3) is 0 Å². The minimum Gasteiger partial charge on any atom is -0.493 e. The SMILES string of the molecule is COc1cc(Cc2csc(N3CCN(S(=O)(=O)c4cc(F)ccc4C)CC3)n2)cc(OC)c1OC. The molecule has 0 amide bonds. The molecule has 2 heterocycles. The Balaban J connectivity index is 1.44. The van der Waals surface area contributed by atoms with Crippen molar-refractivity contribution in [3.8, 4) is 17.2 Å². The molecule has 0 unspecified atom stereocenters. The number of aryl methyl sites for hydroxylation is 1. The van der Waals surface area contributed by atoms with Crippen molar-refractivity contribution >= 4 is 26.5 Å². The predicted molar refractivity (Wildman–Crippen MR) is 133 cm³/mol. The van der Waals surface area contributed by atoms with Gasteiger partial charge in [-0.2, -0.15) is 4.31 Å². The Kier molecular flexibility index (Phi) is 7.48. The first-order valence-corrected chi connectivity index (χ1v) is 13.3. The van der Waals surface area contributed by atoms with Gasteiger partial charge in [0.05, 0.1) is 31.9 Å². The highest BCUT2D eigenvalue weighted by molar-refractivity contribution is 7.89. The van der Waals surface area contributed by atoms with E-state index in [2.05, 4.69) is 4.90 Å². The third-order valence-electron chi connectivity index (χ3n) is 5.93. The number of rotatable bonds is 8. The minimum absolute atomic E-state index is 0.0211. The Labute approximate surface area is 208 Å². The number of hydrogen-bond donors (Lipinski definition) is 0. The molecule has 0 spiro atoms. The fraction of sp³-hybridized carbons (Fsp3) is 0.375. The van der Waals surface area contributed by atoms with Crippen molar-refractivity contribution < 1.29 is 27.0 Å². The maximum absolute atomic E-state index is 13.7. The third kappa shape index (κ3) is 5.21. The van der Waals surface area contributed by atoms with E-state index in [1.165, 1.54) is 27.8 Å². The Hall–Kier alpha value is -2.89. The van der Waals surface area contributed by atoms with Crippen LogP contribution in [0.5, 0.6) is 17.2 Å². The summed E-state index contributed by atoms with van der Waals surface area (Å²) in [5.41, 5.74) is 2.40. The second kappa shape index (κ2) is 10.4. The maximum Gasteiger partial charge on any atom is 0.243 e. The average Bonchev–Trinajstić information content (AvgIpc) is 3.33. The molecular weight excluding hydrogens is 493 g/mol. The van der Waals surface area contributed by atoms with Gasteiger partial charge in [0.1, 0.15) is 5.82 Å². The quantitative estimate of drug-likeness (QED) is 0.447. The fourth-order valence-corrected chi connectivity index (χ4v) is 6.62. The number of piperazine rings is 1. The summed E-state index contributed by atoms with van der Waals surface area (Å²) >= 11 is 1.52. The summed E-state index contributed by atoms with van der Waals surface area (Å²) in [4.78, 5) is 6.87. The Morgan fingerprint density at radius 3 is 2.26 bits per heavy atom. The summed E-state index contributed by atoms with van der Waals surface area (Å²) in [7, 11) is 0.968. The van der Waals surface area contributed by atoms with Gasteiger partial charge in [0.15, 0.2) is 16.6 Å². The van der Waals surface area contributed by atoms with Crippen molar-refractivity contribution in [1.29, 1.82) is 0 Å². The Morgan fingerprint density at radius 1 is 1.00 bits per heavy atom. The van der Waals surface area contributed by atoms with Crippen LogP contribution in [0.2, 0.25) is 0 Å². The summed E-state index contributed by atoms with van der Waals surface area (Å²) < 4.78 is 57.5. The molecule has 0 aliphatic carbocycles. The fourth-order valence-electron chi connectivity index (χ4n) is 4.08. The first-order valence-electron chi connectivity index (χ1n) is 11.0. The molecule has 11 heteroatoms. The molecule has 0 bridgehead atoms. The molecule has 188 valence electrons. The summed E-state index contributed by atoms with van der Waals surface area (Å²) in [6, 6.07) is 7.65. The average molecular weight is 522 g/mol. The number of hydrogen-bond acceptors (Lipinski definition) is 8.